The molecule has 4 aromatic rings. The average molecular weight is 666 g/mol. The monoisotopic (exact) mass is 665 g/mol. The fourth-order valence-corrected chi connectivity index (χ4v) is 7.25. The summed E-state index contributed by atoms with van der Waals surface area (Å²) in [6, 6.07) is 15.1. The summed E-state index contributed by atoms with van der Waals surface area (Å²) in [6.45, 7) is 11.5. The van der Waals surface area contributed by atoms with Crippen LogP contribution in [0.15, 0.2) is 65.8 Å². The van der Waals surface area contributed by atoms with Crippen LogP contribution in [0.5, 0.6) is 0 Å². The molecule has 10 nitrogen and oxygen atoms in total. The van der Waals surface area contributed by atoms with Crippen LogP contribution >= 0.6 is 0 Å². The Morgan fingerprint density at radius 2 is 1.78 bits per heavy atom. The Balaban J connectivity index is 1.19. The summed E-state index contributed by atoms with van der Waals surface area (Å²) in [5.41, 5.74) is 7.30. The number of fused-ring (bicyclic) bond motifs is 1. The van der Waals surface area contributed by atoms with Gasteiger partial charge in [-0.2, -0.15) is 0 Å². The number of piperidine rings is 2. The summed E-state index contributed by atoms with van der Waals surface area (Å²) in [5, 5.41) is 3.77. The topological polar surface area (TPSA) is 95.8 Å². The van der Waals surface area contributed by atoms with Crippen LogP contribution < -0.4 is 20.5 Å². The lowest BCUT2D eigenvalue weighted by Crippen LogP contribution is -2.48. The molecular formula is C39H51N7O3. The second-order valence-electron chi connectivity index (χ2n) is 13.8. The van der Waals surface area contributed by atoms with Gasteiger partial charge in [0, 0.05) is 98.8 Å². The molecule has 0 aliphatic carbocycles. The predicted octanol–water partition coefficient (Wildman–Crippen LogP) is 6.11. The number of alkyl carbamates (subject to hydrolysis) is 1. The van der Waals surface area contributed by atoms with Crippen LogP contribution in [0.2, 0.25) is 0 Å². The zero-order valence-corrected chi connectivity index (χ0v) is 29.5. The third-order valence-electron chi connectivity index (χ3n) is 10.1. The molecule has 0 unspecified atom stereocenters. The Morgan fingerprint density at radius 3 is 2.53 bits per heavy atom. The minimum absolute atomic E-state index is 0.0930. The smallest absolute Gasteiger partial charge is 0.407 e. The van der Waals surface area contributed by atoms with Gasteiger partial charge in [0.15, 0.2) is 5.43 Å². The van der Waals surface area contributed by atoms with E-state index in [9.17, 15) is 9.59 Å². The number of amides is 1. The van der Waals surface area contributed by atoms with Crippen LogP contribution in [-0.4, -0.2) is 70.4 Å². The van der Waals surface area contributed by atoms with Crippen molar-refractivity contribution < 1.29 is 9.53 Å². The third kappa shape index (κ3) is 8.60. The minimum Gasteiger partial charge on any atom is -0.450 e. The minimum atomic E-state index is -0.317. The molecule has 2 aliphatic heterocycles. The maximum absolute atomic E-state index is 14.1. The van der Waals surface area contributed by atoms with E-state index in [2.05, 4.69) is 77.9 Å². The number of unbranched alkanes of at least 4 members (excludes halogenated alkanes) is 1. The number of aryl methyl sites for hydroxylation is 3. The number of ether oxygens (including phenoxy) is 1. The molecule has 10 heteroatoms. The molecular weight excluding hydrogens is 614 g/mol. The molecule has 1 atom stereocenters. The van der Waals surface area contributed by atoms with Crippen molar-refractivity contribution >= 4 is 28.4 Å². The van der Waals surface area contributed by atoms with Gasteiger partial charge in [-0.25, -0.2) is 4.79 Å². The highest BCUT2D eigenvalue weighted by Gasteiger charge is 2.28. The van der Waals surface area contributed by atoms with Gasteiger partial charge >= 0.3 is 6.09 Å². The fraction of sp³-hybridized carbons (Fsp3) is 0.487. The second-order valence-corrected chi connectivity index (χ2v) is 13.8. The van der Waals surface area contributed by atoms with E-state index in [0.717, 1.165) is 110 Å². The summed E-state index contributed by atoms with van der Waals surface area (Å²) in [5.74, 6) is 0. The molecule has 1 aromatic carbocycles. The predicted molar refractivity (Wildman–Crippen MR) is 196 cm³/mol. The zero-order chi connectivity index (χ0) is 34.3. The normalized spacial score (nSPS) is 17.1. The van der Waals surface area contributed by atoms with E-state index in [1.807, 2.05) is 45.6 Å². The number of pyridine rings is 3. The number of hydrogen-bond donors (Lipinski definition) is 1. The quantitative estimate of drug-likeness (QED) is 0.192. The van der Waals surface area contributed by atoms with Crippen LogP contribution in [0, 0.1) is 13.8 Å². The number of anilines is 2. The SMILES string of the molecule is CCCCOC(=O)NC1CCN(c2ccc3c(=O)c(CN(Cc4ccnc(C)c4)[C@H]4CCCN(c5ccc(C)nc5)C4)cn(C)c3c2)CC1. The van der Waals surface area contributed by atoms with Gasteiger partial charge in [0.25, 0.3) is 0 Å². The molecule has 0 saturated carbocycles. The van der Waals surface area contributed by atoms with E-state index in [4.69, 9.17) is 4.74 Å². The van der Waals surface area contributed by atoms with Gasteiger partial charge in [-0.3, -0.25) is 19.7 Å². The molecule has 6 rings (SSSR count). The molecule has 1 N–H and O–H groups in total. The molecule has 5 heterocycles. The molecule has 0 radical (unpaired) electrons. The van der Waals surface area contributed by atoms with Crippen molar-refractivity contribution in [3.63, 3.8) is 0 Å². The zero-order valence-electron chi connectivity index (χ0n) is 29.5. The third-order valence-corrected chi connectivity index (χ3v) is 10.1. The number of nitrogens with zero attached hydrogens (tertiary/aromatic N) is 6. The van der Waals surface area contributed by atoms with E-state index in [0.29, 0.717) is 13.2 Å². The number of benzene rings is 1. The lowest BCUT2D eigenvalue weighted by atomic mass is 10.0. The Hall–Kier alpha value is -4.44. The number of rotatable bonds is 11. The van der Waals surface area contributed by atoms with Crippen molar-refractivity contribution in [3.8, 4) is 0 Å². The summed E-state index contributed by atoms with van der Waals surface area (Å²) >= 11 is 0. The largest absolute Gasteiger partial charge is 0.450 e. The van der Waals surface area contributed by atoms with Gasteiger partial charge in [-0.15, -0.1) is 0 Å². The molecule has 3 aromatic heterocycles. The van der Waals surface area contributed by atoms with Crippen molar-refractivity contribution in [3.05, 3.63) is 93.8 Å². The van der Waals surface area contributed by atoms with Crippen molar-refractivity contribution in [2.24, 2.45) is 7.05 Å². The fourth-order valence-electron chi connectivity index (χ4n) is 7.25. The lowest BCUT2D eigenvalue weighted by Gasteiger charge is -2.40. The van der Waals surface area contributed by atoms with Crippen LogP contribution in [0.4, 0.5) is 16.2 Å². The van der Waals surface area contributed by atoms with E-state index in [1.165, 1.54) is 5.56 Å². The van der Waals surface area contributed by atoms with E-state index in [1.54, 1.807) is 0 Å². The van der Waals surface area contributed by atoms with Crippen LogP contribution in [0.3, 0.4) is 0 Å². The van der Waals surface area contributed by atoms with Crippen molar-refractivity contribution in [1.29, 1.82) is 0 Å². The first-order valence-electron chi connectivity index (χ1n) is 17.9. The molecule has 2 fully saturated rings. The number of carbonyl (C=O) groups is 1. The first-order chi connectivity index (χ1) is 23.8. The average Bonchev–Trinajstić information content (AvgIpc) is 3.11. The molecule has 49 heavy (non-hydrogen) atoms. The molecule has 260 valence electrons. The van der Waals surface area contributed by atoms with Gasteiger partial charge in [0.05, 0.1) is 24.0 Å². The number of carbonyl (C=O) groups excluding carboxylic acids is 1. The van der Waals surface area contributed by atoms with Crippen molar-refractivity contribution in [1.82, 2.24) is 24.8 Å². The first kappa shape index (κ1) is 34.4. The Morgan fingerprint density at radius 1 is 0.959 bits per heavy atom. The Bertz CT molecular complexity index is 1780. The van der Waals surface area contributed by atoms with E-state index >= 15 is 0 Å². The number of hydrogen-bond acceptors (Lipinski definition) is 8. The number of aromatic nitrogens is 3. The maximum Gasteiger partial charge on any atom is 0.407 e. The summed E-state index contributed by atoms with van der Waals surface area (Å²) in [6.07, 6.45) is 11.3. The standard InChI is InChI=1S/C39H51N7O3/c1-5-6-20-49-39(48)42-32-14-18-44(19-15-32)33-11-12-36-37(22-33)43(4)25-31(38(36)47)26-46(24-30-13-16-40-29(3)21-30)35-8-7-17-45(27-35)34-10-9-28(2)41-23-34/h9-13,16,21-23,25,32,35H,5-8,14-15,17-20,24,26-27H2,1-4H3,(H,42,48)/t35-/m0/s1. The molecule has 2 saturated heterocycles. The van der Waals surface area contributed by atoms with Crippen LogP contribution in [-0.2, 0) is 24.9 Å². The van der Waals surface area contributed by atoms with E-state index < -0.39 is 0 Å². The maximum atomic E-state index is 14.1. The number of nitrogens with one attached hydrogen (secondary N) is 1. The molecule has 0 bridgehead atoms. The highest BCUT2D eigenvalue weighted by Crippen LogP contribution is 2.27. The Kier molecular flexibility index (Phi) is 11.1. The molecule has 2 aliphatic rings. The summed E-state index contributed by atoms with van der Waals surface area (Å²) < 4.78 is 7.40. The second kappa shape index (κ2) is 15.8. The van der Waals surface area contributed by atoms with Gasteiger partial charge in [0.1, 0.15) is 0 Å². The summed E-state index contributed by atoms with van der Waals surface area (Å²) in [4.78, 5) is 42.5. The highest BCUT2D eigenvalue weighted by molar-refractivity contribution is 5.83. The highest BCUT2D eigenvalue weighted by atomic mass is 16.5. The van der Waals surface area contributed by atoms with Gasteiger partial charge in [0.2, 0.25) is 0 Å². The van der Waals surface area contributed by atoms with Crippen molar-refractivity contribution in [2.45, 2.75) is 84.5 Å². The van der Waals surface area contributed by atoms with Crippen LogP contribution in [0.25, 0.3) is 10.9 Å². The van der Waals surface area contributed by atoms with Crippen LogP contribution in [0.1, 0.15) is 68.0 Å². The summed E-state index contributed by atoms with van der Waals surface area (Å²) in [7, 11) is 2.04. The molecule has 0 spiro atoms. The van der Waals surface area contributed by atoms with Crippen molar-refractivity contribution in [2.75, 3.05) is 42.6 Å². The van der Waals surface area contributed by atoms with Gasteiger partial charge in [-0.05, 0) is 94.0 Å². The Labute approximate surface area is 290 Å². The van der Waals surface area contributed by atoms with Gasteiger partial charge < -0.3 is 24.4 Å². The molecule has 1 amide bonds. The first-order valence-corrected chi connectivity index (χ1v) is 17.9. The lowest BCUT2D eigenvalue weighted by molar-refractivity contribution is 0.139. The van der Waals surface area contributed by atoms with E-state index in [-0.39, 0.29) is 23.6 Å². The van der Waals surface area contributed by atoms with Gasteiger partial charge in [-0.1, -0.05) is 13.3 Å².